The number of rotatable bonds is 4. The summed E-state index contributed by atoms with van der Waals surface area (Å²) in [6.45, 7) is 2.30. The lowest BCUT2D eigenvalue weighted by atomic mass is 10.0. The van der Waals surface area contributed by atoms with Crippen LogP contribution < -0.4 is 16.2 Å². The van der Waals surface area contributed by atoms with Gasteiger partial charge in [0.2, 0.25) is 5.95 Å². The maximum Gasteiger partial charge on any atom is 0.266 e. The van der Waals surface area contributed by atoms with E-state index in [-0.39, 0.29) is 16.9 Å². The third-order valence-corrected chi connectivity index (χ3v) is 7.04. The van der Waals surface area contributed by atoms with E-state index in [2.05, 4.69) is 21.1 Å². The van der Waals surface area contributed by atoms with Crippen molar-refractivity contribution >= 4 is 22.7 Å². The fourth-order valence-electron chi connectivity index (χ4n) is 5.35. The van der Waals surface area contributed by atoms with E-state index >= 15 is 4.39 Å². The third kappa shape index (κ3) is 3.97. The van der Waals surface area contributed by atoms with Crippen molar-refractivity contribution in [2.45, 2.75) is 25.8 Å². The normalized spacial score (nSPS) is 15.1. The van der Waals surface area contributed by atoms with Crippen molar-refractivity contribution in [3.8, 4) is 22.9 Å². The standard InChI is InChI=1S/C28H24FN9O/c1-16-19(13-30)25(35-28(31)33-16)37-12-6-9-22(37)26-34-21-11-10-20(29)23(17-14-32-36(2)15-17)24(21)27(39)38(26)18-7-4-3-5-8-18/h3-5,7-8,10-11,14-15,22H,6,9,12H2,1-2H3,(H2,31,33,35). The molecule has 4 heterocycles. The van der Waals surface area contributed by atoms with Crippen LogP contribution in [0.3, 0.4) is 0 Å². The average molecular weight is 522 g/mol. The molecule has 2 N–H and O–H groups in total. The quantitative estimate of drug-likeness (QED) is 0.378. The van der Waals surface area contributed by atoms with Crippen LogP contribution in [0.4, 0.5) is 16.2 Å². The van der Waals surface area contributed by atoms with Gasteiger partial charge >= 0.3 is 0 Å². The summed E-state index contributed by atoms with van der Waals surface area (Å²) in [6, 6.07) is 13.8. The molecule has 1 unspecified atom stereocenters. The summed E-state index contributed by atoms with van der Waals surface area (Å²) in [4.78, 5) is 29.8. The highest BCUT2D eigenvalue weighted by molar-refractivity contribution is 5.94. The Kier molecular flexibility index (Phi) is 5.80. The van der Waals surface area contributed by atoms with Crippen LogP contribution in [0.15, 0.2) is 59.7 Å². The Morgan fingerprint density at radius 2 is 1.92 bits per heavy atom. The van der Waals surface area contributed by atoms with Gasteiger partial charge in [-0.2, -0.15) is 15.3 Å². The van der Waals surface area contributed by atoms with E-state index in [1.807, 2.05) is 35.2 Å². The highest BCUT2D eigenvalue weighted by Crippen LogP contribution is 2.38. The first-order valence-electron chi connectivity index (χ1n) is 12.5. The van der Waals surface area contributed by atoms with Gasteiger partial charge in [0, 0.05) is 30.9 Å². The summed E-state index contributed by atoms with van der Waals surface area (Å²) >= 11 is 0. The Labute approximate surface area is 222 Å². The number of anilines is 2. The van der Waals surface area contributed by atoms with Crippen LogP contribution in [0.5, 0.6) is 0 Å². The Morgan fingerprint density at radius 1 is 1.13 bits per heavy atom. The highest BCUT2D eigenvalue weighted by Gasteiger charge is 2.34. The van der Waals surface area contributed by atoms with Crippen LogP contribution >= 0.6 is 0 Å². The molecule has 6 rings (SSSR count). The molecule has 3 aromatic heterocycles. The SMILES string of the molecule is Cc1nc(N)nc(N2CCCC2c2nc3ccc(F)c(-c4cnn(C)c4)c3c(=O)n2-c2ccccc2)c1C#N. The Bertz CT molecular complexity index is 1840. The van der Waals surface area contributed by atoms with Crippen molar-refractivity contribution in [2.24, 2.45) is 7.05 Å². The molecule has 194 valence electrons. The van der Waals surface area contributed by atoms with Gasteiger partial charge in [0.25, 0.3) is 5.56 Å². The van der Waals surface area contributed by atoms with Crippen molar-refractivity contribution in [3.63, 3.8) is 0 Å². The molecule has 39 heavy (non-hydrogen) atoms. The summed E-state index contributed by atoms with van der Waals surface area (Å²) in [6.07, 6.45) is 4.64. The number of aromatic nitrogens is 6. The largest absolute Gasteiger partial charge is 0.368 e. The second-order valence-electron chi connectivity index (χ2n) is 9.49. The molecule has 0 aliphatic carbocycles. The summed E-state index contributed by atoms with van der Waals surface area (Å²) in [5.74, 6) is 0.415. The minimum absolute atomic E-state index is 0.0654. The number of nitrogens with two attached hydrogens (primary N) is 1. The van der Waals surface area contributed by atoms with Crippen molar-refractivity contribution in [2.75, 3.05) is 17.2 Å². The van der Waals surface area contributed by atoms with Crippen LogP contribution in [0, 0.1) is 24.1 Å². The smallest absolute Gasteiger partial charge is 0.266 e. The lowest BCUT2D eigenvalue weighted by molar-refractivity contribution is 0.626. The third-order valence-electron chi connectivity index (χ3n) is 7.04. The molecule has 1 aliphatic heterocycles. The predicted molar refractivity (Wildman–Crippen MR) is 145 cm³/mol. The van der Waals surface area contributed by atoms with Gasteiger partial charge in [-0.15, -0.1) is 0 Å². The van der Waals surface area contributed by atoms with E-state index in [0.29, 0.717) is 52.6 Å². The summed E-state index contributed by atoms with van der Waals surface area (Å²) in [7, 11) is 1.73. The molecule has 0 radical (unpaired) electrons. The first-order chi connectivity index (χ1) is 18.9. The average Bonchev–Trinajstić information content (AvgIpc) is 3.58. The van der Waals surface area contributed by atoms with Crippen molar-refractivity contribution in [3.05, 3.63) is 88.1 Å². The van der Waals surface area contributed by atoms with Gasteiger partial charge in [0.05, 0.1) is 34.5 Å². The van der Waals surface area contributed by atoms with Gasteiger partial charge in [-0.25, -0.2) is 14.4 Å². The highest BCUT2D eigenvalue weighted by atomic mass is 19.1. The van der Waals surface area contributed by atoms with E-state index in [4.69, 9.17) is 10.7 Å². The number of benzene rings is 2. The first-order valence-corrected chi connectivity index (χ1v) is 12.5. The fraction of sp³-hybridized carbons (Fsp3) is 0.214. The topological polar surface area (TPSA) is 132 Å². The van der Waals surface area contributed by atoms with Crippen molar-refractivity contribution < 1.29 is 4.39 Å². The summed E-state index contributed by atoms with van der Waals surface area (Å²) in [5, 5.41) is 14.2. The summed E-state index contributed by atoms with van der Waals surface area (Å²) in [5.41, 5.74) is 7.99. The monoisotopic (exact) mass is 521 g/mol. The molecule has 10 nitrogen and oxygen atoms in total. The molecular weight excluding hydrogens is 497 g/mol. The molecule has 1 fully saturated rings. The van der Waals surface area contributed by atoms with E-state index in [0.717, 1.165) is 6.42 Å². The zero-order chi connectivity index (χ0) is 27.3. The molecule has 2 aromatic carbocycles. The molecule has 0 spiro atoms. The Balaban J connectivity index is 1.65. The predicted octanol–water partition coefficient (Wildman–Crippen LogP) is 3.82. The van der Waals surface area contributed by atoms with Gasteiger partial charge in [0.1, 0.15) is 23.3 Å². The molecule has 1 atom stereocenters. The van der Waals surface area contributed by atoms with E-state index in [1.165, 1.54) is 22.9 Å². The lowest BCUT2D eigenvalue weighted by Crippen LogP contribution is -2.33. The van der Waals surface area contributed by atoms with E-state index in [1.54, 1.807) is 24.9 Å². The minimum Gasteiger partial charge on any atom is -0.368 e. The second-order valence-corrected chi connectivity index (χ2v) is 9.49. The van der Waals surface area contributed by atoms with E-state index < -0.39 is 17.4 Å². The molecule has 1 aliphatic rings. The zero-order valence-corrected chi connectivity index (χ0v) is 21.3. The molecule has 5 aromatic rings. The van der Waals surface area contributed by atoms with Gasteiger partial charge in [-0.1, -0.05) is 18.2 Å². The Morgan fingerprint density at radius 3 is 2.64 bits per heavy atom. The van der Waals surface area contributed by atoms with Crippen LogP contribution in [0.1, 0.15) is 36.0 Å². The number of hydrogen-bond donors (Lipinski definition) is 1. The van der Waals surface area contributed by atoms with Crippen molar-refractivity contribution in [1.82, 2.24) is 29.3 Å². The zero-order valence-electron chi connectivity index (χ0n) is 21.3. The van der Waals surface area contributed by atoms with Gasteiger partial charge in [0.15, 0.2) is 5.82 Å². The van der Waals surface area contributed by atoms with Gasteiger partial charge in [-0.05, 0) is 44.0 Å². The maximum absolute atomic E-state index is 15.3. The lowest BCUT2D eigenvalue weighted by Gasteiger charge is -2.28. The van der Waals surface area contributed by atoms with E-state index in [9.17, 15) is 10.1 Å². The van der Waals surface area contributed by atoms with Crippen LogP contribution in [0.2, 0.25) is 0 Å². The number of nitrogen functional groups attached to an aromatic ring is 1. The number of fused-ring (bicyclic) bond motifs is 1. The fourth-order valence-corrected chi connectivity index (χ4v) is 5.35. The first kappa shape index (κ1) is 24.2. The van der Waals surface area contributed by atoms with Crippen molar-refractivity contribution in [1.29, 1.82) is 5.26 Å². The molecule has 11 heteroatoms. The number of hydrogen-bond acceptors (Lipinski definition) is 8. The minimum atomic E-state index is -0.533. The molecule has 0 bridgehead atoms. The number of halogens is 1. The molecule has 0 amide bonds. The second kappa shape index (κ2) is 9.33. The number of nitriles is 1. The van der Waals surface area contributed by atoms with Crippen LogP contribution in [-0.4, -0.2) is 35.8 Å². The van der Waals surface area contributed by atoms with Gasteiger partial charge in [-0.3, -0.25) is 14.0 Å². The molecule has 1 saturated heterocycles. The number of nitrogens with zero attached hydrogens (tertiary/aromatic N) is 8. The summed E-state index contributed by atoms with van der Waals surface area (Å²) < 4.78 is 18.4. The van der Waals surface area contributed by atoms with Gasteiger partial charge < -0.3 is 10.6 Å². The Hall–Kier alpha value is -5.11. The maximum atomic E-state index is 15.3. The number of aryl methyl sites for hydroxylation is 2. The van der Waals surface area contributed by atoms with Crippen LogP contribution in [0.25, 0.3) is 27.7 Å². The van der Waals surface area contributed by atoms with Crippen LogP contribution in [-0.2, 0) is 7.05 Å². The molecule has 0 saturated carbocycles. The number of para-hydroxylation sites is 1. The molecular formula is C28H24FN9O.